The number of nitrogens with one attached hydrogen (secondary N) is 1. The van der Waals surface area contributed by atoms with E-state index < -0.39 is 10.0 Å². The Bertz CT molecular complexity index is 409. The van der Waals surface area contributed by atoms with Gasteiger partial charge in [-0.15, -0.1) is 0 Å². The summed E-state index contributed by atoms with van der Waals surface area (Å²) in [6.45, 7) is 3.71. The summed E-state index contributed by atoms with van der Waals surface area (Å²) in [4.78, 5) is 0. The van der Waals surface area contributed by atoms with Crippen molar-refractivity contribution < 1.29 is 8.42 Å². The van der Waals surface area contributed by atoms with Crippen LogP contribution in [0.4, 0.5) is 0 Å². The van der Waals surface area contributed by atoms with Gasteiger partial charge in [0.15, 0.2) is 0 Å². The second-order valence-electron chi connectivity index (χ2n) is 3.72. The van der Waals surface area contributed by atoms with Gasteiger partial charge in [0.2, 0.25) is 10.0 Å². The van der Waals surface area contributed by atoms with Gasteiger partial charge in [0.05, 0.1) is 10.9 Å². The molecule has 1 aromatic rings. The molecule has 0 aliphatic heterocycles. The molecule has 0 saturated heterocycles. The highest BCUT2D eigenvalue weighted by molar-refractivity contribution is 7.90. The van der Waals surface area contributed by atoms with Crippen molar-refractivity contribution in [2.45, 2.75) is 25.5 Å². The lowest BCUT2D eigenvalue weighted by molar-refractivity contribution is 0.572. The zero-order chi connectivity index (χ0) is 11.5. The number of nitrogens with zero attached hydrogens (tertiary/aromatic N) is 2. The van der Waals surface area contributed by atoms with Crippen molar-refractivity contribution in [3.05, 3.63) is 18.0 Å². The molecule has 5 nitrogen and oxygen atoms in total. The number of hydrogen-bond donors (Lipinski definition) is 1. The molecule has 1 rings (SSSR count). The lowest BCUT2D eigenvalue weighted by Crippen LogP contribution is -2.32. The van der Waals surface area contributed by atoms with Crippen molar-refractivity contribution in [1.82, 2.24) is 14.5 Å². The van der Waals surface area contributed by atoms with E-state index in [9.17, 15) is 8.42 Å². The third kappa shape index (κ3) is 3.64. The maximum absolute atomic E-state index is 11.4. The van der Waals surface area contributed by atoms with Crippen LogP contribution in [-0.2, 0) is 23.5 Å². The molecular weight excluding hydrogens is 214 g/mol. The Morgan fingerprint density at radius 3 is 2.67 bits per heavy atom. The van der Waals surface area contributed by atoms with E-state index in [2.05, 4.69) is 9.82 Å². The van der Waals surface area contributed by atoms with E-state index in [0.29, 0.717) is 13.0 Å². The van der Waals surface area contributed by atoms with Crippen LogP contribution in [0.25, 0.3) is 0 Å². The van der Waals surface area contributed by atoms with E-state index in [-0.39, 0.29) is 5.25 Å². The van der Waals surface area contributed by atoms with E-state index in [4.69, 9.17) is 0 Å². The molecule has 0 fully saturated rings. The quantitative estimate of drug-likeness (QED) is 0.792. The van der Waals surface area contributed by atoms with Gasteiger partial charge in [0.1, 0.15) is 0 Å². The van der Waals surface area contributed by atoms with E-state index in [1.165, 1.54) is 0 Å². The van der Waals surface area contributed by atoms with Crippen molar-refractivity contribution in [2.24, 2.45) is 7.05 Å². The Kier molecular flexibility index (Phi) is 3.87. The highest BCUT2D eigenvalue weighted by atomic mass is 32.2. The number of aryl methyl sites for hydroxylation is 1. The molecular formula is C9H17N3O2S. The van der Waals surface area contributed by atoms with Crippen molar-refractivity contribution in [3.63, 3.8) is 0 Å². The lowest BCUT2D eigenvalue weighted by Gasteiger charge is -2.08. The van der Waals surface area contributed by atoms with E-state index in [0.717, 1.165) is 5.69 Å². The van der Waals surface area contributed by atoms with Crippen LogP contribution < -0.4 is 4.72 Å². The highest BCUT2D eigenvalue weighted by Crippen LogP contribution is 1.98. The average molecular weight is 231 g/mol. The molecule has 0 aliphatic carbocycles. The predicted molar refractivity (Wildman–Crippen MR) is 59.0 cm³/mol. The van der Waals surface area contributed by atoms with E-state index >= 15 is 0 Å². The second-order valence-corrected chi connectivity index (χ2v) is 6.04. The summed E-state index contributed by atoms with van der Waals surface area (Å²) in [5.74, 6) is 0. The summed E-state index contributed by atoms with van der Waals surface area (Å²) < 4.78 is 27.0. The fourth-order valence-electron chi connectivity index (χ4n) is 1.08. The van der Waals surface area contributed by atoms with Gasteiger partial charge in [-0.05, 0) is 19.9 Å². The van der Waals surface area contributed by atoms with Crippen LogP contribution in [0.2, 0.25) is 0 Å². The minimum absolute atomic E-state index is 0.388. The van der Waals surface area contributed by atoms with Crippen molar-refractivity contribution in [3.8, 4) is 0 Å². The molecule has 0 unspecified atom stereocenters. The Morgan fingerprint density at radius 1 is 1.53 bits per heavy atom. The van der Waals surface area contributed by atoms with Crippen molar-refractivity contribution in [1.29, 1.82) is 0 Å². The number of sulfonamides is 1. The largest absolute Gasteiger partial charge is 0.276 e. The molecule has 6 heteroatoms. The zero-order valence-electron chi connectivity index (χ0n) is 9.27. The molecule has 0 spiro atoms. The molecule has 0 aromatic carbocycles. The first-order valence-electron chi connectivity index (χ1n) is 4.89. The molecule has 15 heavy (non-hydrogen) atoms. The third-order valence-corrected chi connectivity index (χ3v) is 3.92. The summed E-state index contributed by atoms with van der Waals surface area (Å²) >= 11 is 0. The van der Waals surface area contributed by atoms with Crippen molar-refractivity contribution in [2.75, 3.05) is 6.54 Å². The Labute approximate surface area is 90.5 Å². The monoisotopic (exact) mass is 231 g/mol. The fraction of sp³-hybridized carbons (Fsp3) is 0.667. The Balaban J connectivity index is 2.40. The van der Waals surface area contributed by atoms with E-state index in [1.54, 1.807) is 18.5 Å². The van der Waals surface area contributed by atoms with Gasteiger partial charge < -0.3 is 0 Å². The number of aromatic nitrogens is 2. The van der Waals surface area contributed by atoms with Gasteiger partial charge in [-0.1, -0.05) is 0 Å². The molecule has 86 valence electrons. The van der Waals surface area contributed by atoms with Gasteiger partial charge in [-0.25, -0.2) is 13.1 Å². The third-order valence-electron chi connectivity index (χ3n) is 2.07. The SMILES string of the molecule is CC(C)S(=O)(=O)NCCc1ccn(C)n1. The summed E-state index contributed by atoms with van der Waals surface area (Å²) in [7, 11) is -1.31. The summed E-state index contributed by atoms with van der Waals surface area (Å²) in [5.41, 5.74) is 0.893. The first kappa shape index (κ1) is 12.2. The molecule has 1 aromatic heterocycles. The summed E-state index contributed by atoms with van der Waals surface area (Å²) in [6.07, 6.45) is 2.46. The normalized spacial score (nSPS) is 12.3. The van der Waals surface area contributed by atoms with Crippen LogP contribution in [-0.4, -0.2) is 30.0 Å². The Hall–Kier alpha value is -0.880. The molecule has 0 amide bonds. The number of rotatable bonds is 5. The molecule has 0 bridgehead atoms. The molecule has 0 radical (unpaired) electrons. The van der Waals surface area contributed by atoms with Crippen LogP contribution in [0.1, 0.15) is 19.5 Å². The van der Waals surface area contributed by atoms with Gasteiger partial charge in [0.25, 0.3) is 0 Å². The number of hydrogen-bond acceptors (Lipinski definition) is 3. The molecule has 0 atom stereocenters. The standard InChI is InChI=1S/C9H17N3O2S/c1-8(2)15(13,14)10-6-4-9-5-7-12(3)11-9/h5,7-8,10H,4,6H2,1-3H3. The highest BCUT2D eigenvalue weighted by Gasteiger charge is 2.14. The second kappa shape index (κ2) is 4.76. The van der Waals surface area contributed by atoms with Crippen LogP contribution in [0, 0.1) is 0 Å². The van der Waals surface area contributed by atoms with Gasteiger partial charge in [0, 0.05) is 26.2 Å². The van der Waals surface area contributed by atoms with Crippen molar-refractivity contribution >= 4 is 10.0 Å². The van der Waals surface area contributed by atoms with Crippen LogP contribution in [0.15, 0.2) is 12.3 Å². The molecule has 1 N–H and O–H groups in total. The minimum Gasteiger partial charge on any atom is -0.276 e. The van der Waals surface area contributed by atoms with Gasteiger partial charge in [-0.2, -0.15) is 5.10 Å². The minimum atomic E-state index is -3.15. The fourth-order valence-corrected chi connectivity index (χ4v) is 1.80. The van der Waals surface area contributed by atoms with Crippen LogP contribution >= 0.6 is 0 Å². The van der Waals surface area contributed by atoms with Crippen LogP contribution in [0.3, 0.4) is 0 Å². The molecule has 0 aliphatic rings. The van der Waals surface area contributed by atoms with Crippen LogP contribution in [0.5, 0.6) is 0 Å². The Morgan fingerprint density at radius 2 is 2.20 bits per heavy atom. The zero-order valence-corrected chi connectivity index (χ0v) is 10.1. The van der Waals surface area contributed by atoms with Gasteiger partial charge >= 0.3 is 0 Å². The first-order chi connectivity index (χ1) is 6.92. The maximum atomic E-state index is 11.4. The first-order valence-corrected chi connectivity index (χ1v) is 6.43. The molecule has 0 saturated carbocycles. The summed E-state index contributed by atoms with van der Waals surface area (Å²) in [6, 6.07) is 1.88. The summed E-state index contributed by atoms with van der Waals surface area (Å²) in [5, 5.41) is 3.77. The topological polar surface area (TPSA) is 64.0 Å². The predicted octanol–water partition coefficient (Wildman–Crippen LogP) is 0.290. The molecule has 1 heterocycles. The van der Waals surface area contributed by atoms with E-state index in [1.807, 2.05) is 19.3 Å². The maximum Gasteiger partial charge on any atom is 0.213 e. The smallest absolute Gasteiger partial charge is 0.213 e. The lowest BCUT2D eigenvalue weighted by atomic mass is 10.3. The van der Waals surface area contributed by atoms with Gasteiger partial charge in [-0.3, -0.25) is 4.68 Å². The average Bonchev–Trinajstić information content (AvgIpc) is 2.51.